The average Bonchev–Trinajstić information content (AvgIpc) is 3.04. The Labute approximate surface area is 271 Å². The van der Waals surface area contributed by atoms with E-state index in [1.807, 2.05) is 16.7 Å². The van der Waals surface area contributed by atoms with Crippen molar-refractivity contribution in [1.29, 1.82) is 0 Å². The number of benzene rings is 2. The van der Waals surface area contributed by atoms with Gasteiger partial charge in [-0.05, 0) is 68.5 Å². The number of carbonyl (C=O) groups excluding carboxylic acids is 3. The van der Waals surface area contributed by atoms with Crippen molar-refractivity contribution >= 4 is 40.9 Å². The minimum absolute atomic E-state index is 0.00217. The zero-order valence-electron chi connectivity index (χ0n) is 25.6. The molecular weight excluding hydrogens is 613 g/mol. The van der Waals surface area contributed by atoms with Gasteiger partial charge in [0.1, 0.15) is 5.82 Å². The number of carbonyl (C=O) groups is 3. The third kappa shape index (κ3) is 6.74. The quantitative estimate of drug-likeness (QED) is 0.381. The number of rotatable bonds is 7. The number of ether oxygens (including phenoxy) is 1. The number of pyridine rings is 1. The molecule has 2 atom stereocenters. The zero-order valence-corrected chi connectivity index (χ0v) is 26.4. The summed E-state index contributed by atoms with van der Waals surface area (Å²) in [6.45, 7) is 4.95. The van der Waals surface area contributed by atoms with Gasteiger partial charge in [-0.2, -0.15) is 0 Å². The van der Waals surface area contributed by atoms with Gasteiger partial charge >= 0.3 is 6.09 Å². The van der Waals surface area contributed by atoms with Gasteiger partial charge in [0.15, 0.2) is 0 Å². The molecule has 2 saturated heterocycles. The summed E-state index contributed by atoms with van der Waals surface area (Å²) in [7, 11) is 0. The van der Waals surface area contributed by atoms with Crippen molar-refractivity contribution in [2.24, 2.45) is 5.92 Å². The Morgan fingerprint density at radius 3 is 2.57 bits per heavy atom. The molecule has 3 amide bonds. The second-order valence-corrected chi connectivity index (χ2v) is 12.6. The lowest BCUT2D eigenvalue weighted by Gasteiger charge is -2.44. The first-order chi connectivity index (χ1) is 22.2. The summed E-state index contributed by atoms with van der Waals surface area (Å²) in [5.74, 6) is -0.965. The maximum absolute atomic E-state index is 14.5. The number of anilines is 2. The van der Waals surface area contributed by atoms with Crippen LogP contribution in [0.3, 0.4) is 0 Å². The van der Waals surface area contributed by atoms with Gasteiger partial charge in [-0.3, -0.25) is 14.4 Å². The monoisotopic (exact) mass is 649 g/mol. The van der Waals surface area contributed by atoms with Gasteiger partial charge in [-0.1, -0.05) is 23.7 Å². The number of fused-ring (bicyclic) bond motifs is 4. The van der Waals surface area contributed by atoms with Crippen molar-refractivity contribution < 1.29 is 23.5 Å². The first-order valence-electron chi connectivity index (χ1n) is 15.7. The van der Waals surface area contributed by atoms with E-state index in [-0.39, 0.29) is 52.4 Å². The predicted octanol–water partition coefficient (Wildman–Crippen LogP) is 4.80. The molecule has 6 rings (SSSR count). The van der Waals surface area contributed by atoms with Gasteiger partial charge in [0.2, 0.25) is 5.91 Å². The van der Waals surface area contributed by atoms with Crippen molar-refractivity contribution in [1.82, 2.24) is 14.8 Å². The molecule has 2 aromatic carbocycles. The number of piperidine rings is 2. The summed E-state index contributed by atoms with van der Waals surface area (Å²) < 4.78 is 21.5. The third-order valence-corrected chi connectivity index (χ3v) is 9.46. The van der Waals surface area contributed by atoms with Crippen LogP contribution in [0.2, 0.25) is 5.02 Å². The molecule has 3 aliphatic heterocycles. The summed E-state index contributed by atoms with van der Waals surface area (Å²) in [5, 5.41) is 6.16. The van der Waals surface area contributed by atoms with Crippen molar-refractivity contribution in [3.05, 3.63) is 92.6 Å². The molecule has 46 heavy (non-hydrogen) atoms. The van der Waals surface area contributed by atoms with E-state index in [1.54, 1.807) is 36.1 Å². The lowest BCUT2D eigenvalue weighted by atomic mass is 9.83. The lowest BCUT2D eigenvalue weighted by Crippen LogP contribution is -2.47. The molecule has 2 N–H and O–H groups in total. The van der Waals surface area contributed by atoms with Gasteiger partial charge in [0.05, 0.1) is 24.4 Å². The standard InChI is InChI=1S/C34H37ClFN5O5/c1-2-46-34(45)39-13-11-24(12-14-39)37-33(44)22-9-10-30(28(16-22)38-31(42)17-25-26(35)5-3-6-27(25)36)40-18-21-15-23(20-40)29-7-4-8-32(43)41(29)19-21/h3-10,16,21,23-24H,2,11-15,17-20H2,1H3,(H,37,44)(H,38,42)/t21-,23+/m1/s1. The molecule has 3 aromatic rings. The van der Waals surface area contributed by atoms with Gasteiger partial charge in [0.25, 0.3) is 11.5 Å². The molecule has 242 valence electrons. The molecule has 0 radical (unpaired) electrons. The van der Waals surface area contributed by atoms with E-state index in [0.717, 1.165) is 17.8 Å². The fraction of sp³-hybridized carbons (Fsp3) is 0.412. The Morgan fingerprint density at radius 1 is 1.02 bits per heavy atom. The minimum Gasteiger partial charge on any atom is -0.450 e. The van der Waals surface area contributed by atoms with E-state index < -0.39 is 11.7 Å². The largest absolute Gasteiger partial charge is 0.450 e. The molecule has 12 heteroatoms. The molecular formula is C34H37ClFN5O5. The van der Waals surface area contributed by atoms with Crippen LogP contribution in [0.1, 0.15) is 53.7 Å². The Hall–Kier alpha value is -4.38. The summed E-state index contributed by atoms with van der Waals surface area (Å²) in [5.41, 5.74) is 2.65. The Morgan fingerprint density at radius 2 is 1.80 bits per heavy atom. The molecule has 0 aliphatic carbocycles. The van der Waals surface area contributed by atoms with Crippen LogP contribution in [0.5, 0.6) is 0 Å². The maximum atomic E-state index is 14.5. The highest BCUT2D eigenvalue weighted by atomic mass is 35.5. The predicted molar refractivity (Wildman–Crippen MR) is 173 cm³/mol. The molecule has 0 unspecified atom stereocenters. The number of hydrogen-bond acceptors (Lipinski definition) is 6. The molecule has 1 aromatic heterocycles. The van der Waals surface area contributed by atoms with Gasteiger partial charge in [-0.25, -0.2) is 9.18 Å². The lowest BCUT2D eigenvalue weighted by molar-refractivity contribution is -0.115. The van der Waals surface area contributed by atoms with Crippen LogP contribution < -0.4 is 21.1 Å². The fourth-order valence-corrected chi connectivity index (χ4v) is 7.12. The van der Waals surface area contributed by atoms with E-state index in [0.29, 0.717) is 63.4 Å². The first kappa shape index (κ1) is 31.6. The van der Waals surface area contributed by atoms with E-state index in [4.69, 9.17) is 16.3 Å². The number of likely N-dealkylation sites (tertiary alicyclic amines) is 1. The molecule has 0 spiro atoms. The number of amides is 3. The van der Waals surface area contributed by atoms with Crippen LogP contribution in [0, 0.1) is 11.7 Å². The van der Waals surface area contributed by atoms with Crippen molar-refractivity contribution in [2.75, 3.05) is 43.0 Å². The molecule has 0 saturated carbocycles. The highest BCUT2D eigenvalue weighted by Crippen LogP contribution is 2.39. The maximum Gasteiger partial charge on any atom is 0.409 e. The Bertz CT molecular complexity index is 1690. The van der Waals surface area contributed by atoms with E-state index in [2.05, 4.69) is 15.5 Å². The summed E-state index contributed by atoms with van der Waals surface area (Å²) in [6.07, 6.45) is 1.52. The van der Waals surface area contributed by atoms with Crippen LogP contribution in [0.25, 0.3) is 0 Å². The normalized spacial score (nSPS) is 19.3. The second-order valence-electron chi connectivity index (χ2n) is 12.2. The number of halogens is 2. The van der Waals surface area contributed by atoms with E-state index in [1.165, 1.54) is 18.2 Å². The van der Waals surface area contributed by atoms with Crippen LogP contribution in [0.4, 0.5) is 20.6 Å². The highest BCUT2D eigenvalue weighted by molar-refractivity contribution is 6.31. The topological polar surface area (TPSA) is 113 Å². The third-order valence-electron chi connectivity index (χ3n) is 9.11. The first-order valence-corrected chi connectivity index (χ1v) is 16.1. The highest BCUT2D eigenvalue weighted by Gasteiger charge is 2.35. The smallest absolute Gasteiger partial charge is 0.409 e. The number of hydrogen-bond donors (Lipinski definition) is 2. The molecule has 10 nitrogen and oxygen atoms in total. The van der Waals surface area contributed by atoms with Crippen LogP contribution in [0.15, 0.2) is 59.4 Å². The van der Waals surface area contributed by atoms with Crippen LogP contribution >= 0.6 is 11.6 Å². The van der Waals surface area contributed by atoms with E-state index >= 15 is 0 Å². The number of nitrogens with zero attached hydrogens (tertiary/aromatic N) is 3. The molecule has 2 bridgehead atoms. The van der Waals surface area contributed by atoms with Crippen molar-refractivity contribution in [3.63, 3.8) is 0 Å². The number of aromatic nitrogens is 1. The second kappa shape index (κ2) is 13.5. The van der Waals surface area contributed by atoms with Crippen molar-refractivity contribution in [3.8, 4) is 0 Å². The zero-order chi connectivity index (χ0) is 32.4. The van der Waals surface area contributed by atoms with Crippen LogP contribution in [-0.2, 0) is 22.5 Å². The molecule has 2 fully saturated rings. The Kier molecular flexibility index (Phi) is 9.30. The minimum atomic E-state index is -0.567. The fourth-order valence-electron chi connectivity index (χ4n) is 6.89. The van der Waals surface area contributed by atoms with Gasteiger partial charge < -0.3 is 29.7 Å². The van der Waals surface area contributed by atoms with Crippen LogP contribution in [-0.4, -0.2) is 66.2 Å². The van der Waals surface area contributed by atoms with Gasteiger partial charge in [-0.15, -0.1) is 0 Å². The summed E-state index contributed by atoms with van der Waals surface area (Å²) >= 11 is 6.20. The van der Waals surface area contributed by atoms with E-state index in [9.17, 15) is 23.6 Å². The van der Waals surface area contributed by atoms with Gasteiger partial charge in [0, 0.05) is 72.6 Å². The van der Waals surface area contributed by atoms with Crippen molar-refractivity contribution in [2.45, 2.75) is 51.1 Å². The SMILES string of the molecule is CCOC(=O)N1CCC(NC(=O)c2ccc(N3C[C@H]4C[C@@H](C3)c3cccc(=O)n3C4)c(NC(=O)Cc3c(F)cccc3Cl)c2)CC1. The number of nitrogens with one attached hydrogen (secondary N) is 2. The Balaban J connectivity index is 1.23. The molecule has 4 heterocycles. The summed E-state index contributed by atoms with van der Waals surface area (Å²) in [6, 6.07) is 14.8. The summed E-state index contributed by atoms with van der Waals surface area (Å²) in [4.78, 5) is 55.2. The average molecular weight is 650 g/mol. The molecule has 3 aliphatic rings.